The molecular formula is C16H16O4. The Morgan fingerprint density at radius 2 is 1.95 bits per heavy atom. The zero-order chi connectivity index (χ0) is 14.6. The normalized spacial score (nSPS) is 21.3. The maximum absolute atomic E-state index is 12.0. The molecule has 0 fully saturated rings. The summed E-state index contributed by atoms with van der Waals surface area (Å²) < 4.78 is 10.8. The number of esters is 1. The Kier molecular flexibility index (Phi) is 4.03. The van der Waals surface area contributed by atoms with E-state index in [1.54, 1.807) is 12.2 Å². The van der Waals surface area contributed by atoms with Crippen molar-refractivity contribution in [2.75, 3.05) is 0 Å². The topological polar surface area (TPSA) is 52.6 Å². The minimum atomic E-state index is -1.38. The summed E-state index contributed by atoms with van der Waals surface area (Å²) >= 11 is 0. The molecule has 4 heteroatoms. The summed E-state index contributed by atoms with van der Waals surface area (Å²) in [6.45, 7) is 3.12. The van der Waals surface area contributed by atoms with Gasteiger partial charge in [-0.1, -0.05) is 36.4 Å². The van der Waals surface area contributed by atoms with Crippen molar-refractivity contribution < 1.29 is 19.1 Å². The number of benzene rings is 1. The molecule has 2 rings (SSSR count). The summed E-state index contributed by atoms with van der Waals surface area (Å²) in [6, 6.07) is 9.57. The smallest absolute Gasteiger partial charge is 0.304 e. The maximum atomic E-state index is 12.0. The predicted octanol–water partition coefficient (Wildman–Crippen LogP) is 2.55. The van der Waals surface area contributed by atoms with Gasteiger partial charge in [-0.15, -0.1) is 0 Å². The zero-order valence-electron chi connectivity index (χ0n) is 11.5. The largest absolute Gasteiger partial charge is 0.488 e. The monoisotopic (exact) mass is 272 g/mol. The van der Waals surface area contributed by atoms with E-state index < -0.39 is 11.6 Å². The maximum Gasteiger partial charge on any atom is 0.304 e. The lowest BCUT2D eigenvalue weighted by atomic mass is 9.93. The summed E-state index contributed by atoms with van der Waals surface area (Å²) in [5, 5.41) is 0. The van der Waals surface area contributed by atoms with Gasteiger partial charge in [0.1, 0.15) is 12.4 Å². The molecule has 1 aliphatic carbocycles. The quantitative estimate of drug-likeness (QED) is 0.790. The molecule has 0 saturated carbocycles. The fourth-order valence-corrected chi connectivity index (χ4v) is 1.97. The van der Waals surface area contributed by atoms with E-state index in [9.17, 15) is 9.59 Å². The zero-order valence-corrected chi connectivity index (χ0v) is 11.5. The highest BCUT2D eigenvalue weighted by Crippen LogP contribution is 2.28. The van der Waals surface area contributed by atoms with E-state index in [4.69, 9.17) is 9.47 Å². The first-order valence-corrected chi connectivity index (χ1v) is 6.32. The molecule has 0 bridgehead atoms. The molecule has 0 N–H and O–H groups in total. The van der Waals surface area contributed by atoms with Gasteiger partial charge in [0, 0.05) is 6.92 Å². The predicted molar refractivity (Wildman–Crippen MR) is 73.6 cm³/mol. The van der Waals surface area contributed by atoms with E-state index >= 15 is 0 Å². The molecule has 0 spiro atoms. The molecule has 0 radical (unpaired) electrons. The van der Waals surface area contributed by atoms with Gasteiger partial charge in [-0.2, -0.15) is 0 Å². The van der Waals surface area contributed by atoms with Crippen molar-refractivity contribution >= 4 is 11.8 Å². The van der Waals surface area contributed by atoms with Crippen LogP contribution in [0.1, 0.15) is 19.4 Å². The molecule has 1 aliphatic rings. The third-order valence-electron chi connectivity index (χ3n) is 3.02. The van der Waals surface area contributed by atoms with Gasteiger partial charge in [0.2, 0.25) is 11.4 Å². The molecule has 0 amide bonds. The molecule has 1 unspecified atom stereocenters. The van der Waals surface area contributed by atoms with Crippen molar-refractivity contribution in [2.45, 2.75) is 26.1 Å². The van der Waals surface area contributed by atoms with E-state index in [1.165, 1.54) is 19.9 Å². The Morgan fingerprint density at radius 1 is 1.25 bits per heavy atom. The van der Waals surface area contributed by atoms with Crippen LogP contribution in [0.25, 0.3) is 0 Å². The van der Waals surface area contributed by atoms with Crippen LogP contribution in [-0.4, -0.2) is 17.4 Å². The van der Waals surface area contributed by atoms with Gasteiger partial charge in [-0.3, -0.25) is 9.59 Å². The highest BCUT2D eigenvalue weighted by atomic mass is 16.6. The molecule has 0 heterocycles. The number of allylic oxidation sites excluding steroid dienone is 2. The number of rotatable bonds is 4. The van der Waals surface area contributed by atoms with Crippen molar-refractivity contribution in [3.8, 4) is 0 Å². The van der Waals surface area contributed by atoms with Crippen molar-refractivity contribution in [3.63, 3.8) is 0 Å². The second kappa shape index (κ2) is 5.74. The number of hydrogen-bond donors (Lipinski definition) is 0. The standard InChI is InChI=1S/C16H16O4/c1-12(17)20-16(2)14(18)9-6-10-15(16)19-11-13-7-4-3-5-8-13/h3-10H,11H2,1-2H3. The first-order chi connectivity index (χ1) is 9.52. The third kappa shape index (κ3) is 2.96. The molecule has 104 valence electrons. The van der Waals surface area contributed by atoms with Crippen molar-refractivity contribution in [2.24, 2.45) is 0 Å². The molecule has 20 heavy (non-hydrogen) atoms. The van der Waals surface area contributed by atoms with Gasteiger partial charge in [-0.25, -0.2) is 0 Å². The molecule has 0 saturated heterocycles. The van der Waals surface area contributed by atoms with Crippen LogP contribution in [0, 0.1) is 0 Å². The minimum absolute atomic E-state index is 0.307. The average Bonchev–Trinajstić information content (AvgIpc) is 2.41. The van der Waals surface area contributed by atoms with Crippen molar-refractivity contribution in [1.29, 1.82) is 0 Å². The molecule has 1 aromatic carbocycles. The third-order valence-corrected chi connectivity index (χ3v) is 3.02. The molecule has 0 aliphatic heterocycles. The van der Waals surface area contributed by atoms with Crippen molar-refractivity contribution in [1.82, 2.24) is 0 Å². The summed E-state index contributed by atoms with van der Waals surface area (Å²) in [5.41, 5.74) is -0.407. The van der Waals surface area contributed by atoms with Gasteiger partial charge in [0.15, 0.2) is 0 Å². The lowest BCUT2D eigenvalue weighted by Gasteiger charge is -2.30. The Morgan fingerprint density at radius 3 is 2.60 bits per heavy atom. The Hall–Kier alpha value is -2.36. The number of carbonyl (C=O) groups is 2. The average molecular weight is 272 g/mol. The fraction of sp³-hybridized carbons (Fsp3) is 0.250. The molecule has 1 atom stereocenters. The SMILES string of the molecule is CC(=O)OC1(C)C(=O)C=CC=C1OCc1ccccc1. The number of ketones is 1. The lowest BCUT2D eigenvalue weighted by molar-refractivity contribution is -0.162. The molecular weight excluding hydrogens is 256 g/mol. The van der Waals surface area contributed by atoms with Crippen molar-refractivity contribution in [3.05, 3.63) is 59.9 Å². The van der Waals surface area contributed by atoms with Crippen LogP contribution in [0.15, 0.2) is 54.3 Å². The summed E-state index contributed by atoms with van der Waals surface area (Å²) in [7, 11) is 0. The van der Waals surface area contributed by atoms with Gasteiger partial charge in [-0.05, 0) is 24.6 Å². The van der Waals surface area contributed by atoms with Crippen LogP contribution < -0.4 is 0 Å². The van der Waals surface area contributed by atoms with Crippen LogP contribution in [0.2, 0.25) is 0 Å². The fourth-order valence-electron chi connectivity index (χ4n) is 1.97. The van der Waals surface area contributed by atoms with Crippen LogP contribution >= 0.6 is 0 Å². The van der Waals surface area contributed by atoms with E-state index in [-0.39, 0.29) is 5.78 Å². The summed E-state index contributed by atoms with van der Waals surface area (Å²) in [5.74, 6) is -0.493. The highest BCUT2D eigenvalue weighted by molar-refractivity contribution is 6.01. The summed E-state index contributed by atoms with van der Waals surface area (Å²) in [4.78, 5) is 23.2. The molecule has 0 aromatic heterocycles. The van der Waals surface area contributed by atoms with E-state index in [2.05, 4.69) is 0 Å². The van der Waals surface area contributed by atoms with Crippen LogP contribution in [0.3, 0.4) is 0 Å². The minimum Gasteiger partial charge on any atom is -0.488 e. The van der Waals surface area contributed by atoms with Gasteiger partial charge in [0.05, 0.1) is 0 Å². The van der Waals surface area contributed by atoms with Gasteiger partial charge >= 0.3 is 5.97 Å². The van der Waals surface area contributed by atoms with Gasteiger partial charge in [0.25, 0.3) is 0 Å². The van der Waals surface area contributed by atoms with E-state index in [1.807, 2.05) is 30.3 Å². The number of carbonyl (C=O) groups excluding carboxylic acids is 2. The first kappa shape index (κ1) is 14.1. The second-order valence-corrected chi connectivity index (χ2v) is 4.66. The van der Waals surface area contributed by atoms with E-state index in [0.717, 1.165) is 5.56 Å². The Labute approximate surface area is 117 Å². The molecule has 4 nitrogen and oxygen atoms in total. The van der Waals surface area contributed by atoms with Crippen LogP contribution in [0.4, 0.5) is 0 Å². The van der Waals surface area contributed by atoms with Crippen LogP contribution in [-0.2, 0) is 25.7 Å². The first-order valence-electron chi connectivity index (χ1n) is 6.32. The summed E-state index contributed by atoms with van der Waals surface area (Å²) in [6.07, 6.45) is 4.61. The Balaban J connectivity index is 2.15. The highest BCUT2D eigenvalue weighted by Gasteiger charge is 2.42. The second-order valence-electron chi connectivity index (χ2n) is 4.66. The van der Waals surface area contributed by atoms with Crippen LogP contribution in [0.5, 0.6) is 0 Å². The Bertz CT molecular complexity index is 571. The number of ether oxygens (including phenoxy) is 2. The number of hydrogen-bond acceptors (Lipinski definition) is 4. The lowest BCUT2D eigenvalue weighted by Crippen LogP contribution is -2.43. The molecule has 1 aromatic rings. The van der Waals surface area contributed by atoms with Gasteiger partial charge < -0.3 is 9.47 Å². The van der Waals surface area contributed by atoms with E-state index in [0.29, 0.717) is 12.4 Å².